The van der Waals surface area contributed by atoms with E-state index in [1.165, 1.54) is 4.90 Å². The molecule has 24 heavy (non-hydrogen) atoms. The van der Waals surface area contributed by atoms with Gasteiger partial charge < -0.3 is 9.15 Å². The largest absolute Gasteiger partial charge is 0.484 e. The van der Waals surface area contributed by atoms with E-state index in [9.17, 15) is 4.79 Å². The number of carbonyl (C=O) groups excluding carboxylic acids is 1. The molecule has 0 saturated heterocycles. The minimum atomic E-state index is -0.231. The van der Waals surface area contributed by atoms with E-state index in [0.29, 0.717) is 22.4 Å². The van der Waals surface area contributed by atoms with Crippen LogP contribution in [0.4, 0.5) is 5.82 Å². The van der Waals surface area contributed by atoms with Gasteiger partial charge in [-0.3, -0.25) is 9.69 Å². The molecule has 1 amide bonds. The molecule has 0 aliphatic carbocycles. The van der Waals surface area contributed by atoms with Crippen molar-refractivity contribution in [3.63, 3.8) is 0 Å². The van der Waals surface area contributed by atoms with Crippen molar-refractivity contribution < 1.29 is 13.9 Å². The lowest BCUT2D eigenvalue weighted by atomic mass is 10.3. The van der Waals surface area contributed by atoms with Crippen LogP contribution in [0, 0.1) is 0 Å². The summed E-state index contributed by atoms with van der Waals surface area (Å²) in [4.78, 5) is 18.4. The van der Waals surface area contributed by atoms with E-state index < -0.39 is 0 Å². The highest BCUT2D eigenvalue weighted by Gasteiger charge is 2.19. The summed E-state index contributed by atoms with van der Waals surface area (Å²) in [7, 11) is 0. The number of ether oxygens (including phenoxy) is 1. The van der Waals surface area contributed by atoms with Crippen LogP contribution in [-0.4, -0.2) is 17.5 Å². The number of hydrogen-bond acceptors (Lipinski definition) is 4. The molecule has 0 aliphatic rings. The van der Waals surface area contributed by atoms with Crippen molar-refractivity contribution in [2.24, 2.45) is 0 Å². The number of halogens is 1. The van der Waals surface area contributed by atoms with Crippen LogP contribution < -0.4 is 9.64 Å². The van der Waals surface area contributed by atoms with E-state index in [2.05, 4.69) is 4.98 Å². The average molecular weight is 343 g/mol. The predicted octanol–water partition coefficient (Wildman–Crippen LogP) is 3.94. The number of benzene rings is 1. The first-order valence-electron chi connectivity index (χ1n) is 7.34. The van der Waals surface area contributed by atoms with Crippen LogP contribution >= 0.6 is 11.6 Å². The predicted molar refractivity (Wildman–Crippen MR) is 91.1 cm³/mol. The van der Waals surface area contributed by atoms with E-state index in [-0.39, 0.29) is 19.1 Å². The van der Waals surface area contributed by atoms with Gasteiger partial charge in [0.2, 0.25) is 0 Å². The van der Waals surface area contributed by atoms with Gasteiger partial charge in [-0.25, -0.2) is 4.98 Å². The third kappa shape index (κ3) is 4.14. The summed E-state index contributed by atoms with van der Waals surface area (Å²) in [5, 5.41) is 0.553. The van der Waals surface area contributed by atoms with E-state index in [4.69, 9.17) is 20.8 Å². The zero-order valence-electron chi connectivity index (χ0n) is 12.8. The van der Waals surface area contributed by atoms with Crippen molar-refractivity contribution in [2.45, 2.75) is 6.54 Å². The quantitative estimate of drug-likeness (QED) is 0.681. The first-order chi connectivity index (χ1) is 11.7. The molecule has 2 heterocycles. The van der Waals surface area contributed by atoms with E-state index in [1.54, 1.807) is 61.0 Å². The Morgan fingerprint density at radius 1 is 1.17 bits per heavy atom. The molecular formula is C18H15ClN2O3. The topological polar surface area (TPSA) is 55.6 Å². The molecule has 3 rings (SSSR count). The number of furan rings is 1. The molecule has 0 aliphatic heterocycles. The van der Waals surface area contributed by atoms with Gasteiger partial charge in [0.25, 0.3) is 5.91 Å². The molecule has 1 aromatic carbocycles. The summed E-state index contributed by atoms with van der Waals surface area (Å²) in [6.45, 7) is 0.152. The highest BCUT2D eigenvalue weighted by molar-refractivity contribution is 6.30. The van der Waals surface area contributed by atoms with Crippen molar-refractivity contribution in [1.82, 2.24) is 4.98 Å². The molecule has 5 nitrogen and oxygen atoms in total. The summed E-state index contributed by atoms with van der Waals surface area (Å²) in [6.07, 6.45) is 3.20. The Hall–Kier alpha value is -2.79. The van der Waals surface area contributed by atoms with Crippen LogP contribution in [0.15, 0.2) is 71.5 Å². The van der Waals surface area contributed by atoms with Crippen molar-refractivity contribution in [3.8, 4) is 5.75 Å². The van der Waals surface area contributed by atoms with Gasteiger partial charge in [0.1, 0.15) is 17.3 Å². The number of aromatic nitrogens is 1. The summed E-state index contributed by atoms with van der Waals surface area (Å²) in [5.41, 5.74) is 0. The van der Waals surface area contributed by atoms with Gasteiger partial charge in [0, 0.05) is 11.2 Å². The van der Waals surface area contributed by atoms with Crippen LogP contribution in [0.25, 0.3) is 0 Å². The van der Waals surface area contributed by atoms with Crippen molar-refractivity contribution >= 4 is 23.3 Å². The zero-order chi connectivity index (χ0) is 16.8. The second-order valence-corrected chi connectivity index (χ2v) is 5.43. The molecule has 0 atom stereocenters. The number of anilines is 1. The molecular weight excluding hydrogens is 328 g/mol. The van der Waals surface area contributed by atoms with Crippen LogP contribution in [0.1, 0.15) is 5.76 Å². The van der Waals surface area contributed by atoms with Gasteiger partial charge in [0.15, 0.2) is 6.61 Å². The first kappa shape index (κ1) is 16.1. The molecule has 6 heteroatoms. The average Bonchev–Trinajstić information content (AvgIpc) is 3.12. The lowest BCUT2D eigenvalue weighted by molar-refractivity contribution is -0.120. The second kappa shape index (κ2) is 7.66. The highest BCUT2D eigenvalue weighted by atomic mass is 35.5. The number of amides is 1. The lowest BCUT2D eigenvalue weighted by Crippen LogP contribution is -2.35. The van der Waals surface area contributed by atoms with Crippen LogP contribution in [-0.2, 0) is 11.3 Å². The molecule has 0 bridgehead atoms. The van der Waals surface area contributed by atoms with Gasteiger partial charge >= 0.3 is 0 Å². The van der Waals surface area contributed by atoms with Gasteiger partial charge in [-0.1, -0.05) is 23.7 Å². The fraction of sp³-hybridized carbons (Fsp3) is 0.111. The molecule has 0 spiro atoms. The highest BCUT2D eigenvalue weighted by Crippen LogP contribution is 2.18. The molecule has 2 aromatic heterocycles. The summed E-state index contributed by atoms with van der Waals surface area (Å²) >= 11 is 5.92. The number of rotatable bonds is 6. The summed E-state index contributed by atoms with van der Waals surface area (Å²) < 4.78 is 10.9. The SMILES string of the molecule is O=C(COc1cccc(Cl)c1)N(Cc1ccco1)c1ccccn1. The van der Waals surface area contributed by atoms with Crippen LogP contribution in [0.5, 0.6) is 5.75 Å². The van der Waals surface area contributed by atoms with Gasteiger partial charge in [0.05, 0.1) is 12.8 Å². The van der Waals surface area contributed by atoms with E-state index in [1.807, 2.05) is 6.07 Å². The first-order valence-corrected chi connectivity index (χ1v) is 7.72. The normalized spacial score (nSPS) is 10.4. The fourth-order valence-electron chi connectivity index (χ4n) is 2.15. The number of pyridine rings is 1. The van der Waals surface area contributed by atoms with Crippen LogP contribution in [0.2, 0.25) is 5.02 Å². The summed E-state index contributed by atoms with van der Waals surface area (Å²) in [6, 6.07) is 15.9. The summed E-state index contributed by atoms with van der Waals surface area (Å²) in [5.74, 6) is 1.50. The smallest absolute Gasteiger partial charge is 0.266 e. The Balaban J connectivity index is 1.73. The molecule has 0 unspecified atom stereocenters. The van der Waals surface area contributed by atoms with Crippen molar-refractivity contribution in [2.75, 3.05) is 11.5 Å². The molecule has 0 N–H and O–H groups in total. The molecule has 3 aromatic rings. The van der Waals surface area contributed by atoms with E-state index >= 15 is 0 Å². The Morgan fingerprint density at radius 3 is 2.79 bits per heavy atom. The maximum atomic E-state index is 12.6. The second-order valence-electron chi connectivity index (χ2n) is 4.99. The molecule has 0 fully saturated rings. The minimum absolute atomic E-state index is 0.127. The van der Waals surface area contributed by atoms with Gasteiger partial charge in [-0.15, -0.1) is 0 Å². The number of nitrogens with zero attached hydrogens (tertiary/aromatic N) is 2. The maximum Gasteiger partial charge on any atom is 0.266 e. The van der Waals surface area contributed by atoms with Crippen molar-refractivity contribution in [3.05, 3.63) is 77.8 Å². The maximum absolute atomic E-state index is 12.6. The molecule has 0 saturated carbocycles. The standard InChI is InChI=1S/C18H15ClN2O3/c19-14-5-3-6-15(11-14)24-13-18(22)21(12-16-7-4-10-23-16)17-8-1-2-9-20-17/h1-11H,12-13H2. The lowest BCUT2D eigenvalue weighted by Gasteiger charge is -2.20. The third-order valence-electron chi connectivity index (χ3n) is 3.28. The Morgan fingerprint density at radius 2 is 2.08 bits per heavy atom. The zero-order valence-corrected chi connectivity index (χ0v) is 13.5. The van der Waals surface area contributed by atoms with Crippen molar-refractivity contribution in [1.29, 1.82) is 0 Å². The minimum Gasteiger partial charge on any atom is -0.484 e. The molecule has 122 valence electrons. The van der Waals surface area contributed by atoms with Gasteiger partial charge in [-0.2, -0.15) is 0 Å². The molecule has 0 radical (unpaired) electrons. The van der Waals surface area contributed by atoms with E-state index in [0.717, 1.165) is 0 Å². The Labute approximate surface area is 144 Å². The number of carbonyl (C=O) groups is 1. The monoisotopic (exact) mass is 342 g/mol. The van der Waals surface area contributed by atoms with Gasteiger partial charge in [-0.05, 0) is 42.5 Å². The Kier molecular flexibility index (Phi) is 5.13. The van der Waals surface area contributed by atoms with Crippen LogP contribution in [0.3, 0.4) is 0 Å². The third-order valence-corrected chi connectivity index (χ3v) is 3.51. The Bertz CT molecular complexity index is 791. The fourth-order valence-corrected chi connectivity index (χ4v) is 2.33. The number of hydrogen-bond donors (Lipinski definition) is 0.